The van der Waals surface area contributed by atoms with Crippen LogP contribution in [0.2, 0.25) is 0 Å². The molecule has 0 amide bonds. The van der Waals surface area contributed by atoms with E-state index in [9.17, 15) is 0 Å². The zero-order chi connectivity index (χ0) is 12.8. The van der Waals surface area contributed by atoms with Crippen LogP contribution in [0.15, 0.2) is 24.3 Å². The third-order valence-corrected chi connectivity index (χ3v) is 3.86. The molecular weight excluding hydrogens is 222 g/mol. The molecule has 2 N–H and O–H groups in total. The Hall–Kier alpha value is -1.02. The van der Waals surface area contributed by atoms with Crippen molar-refractivity contribution in [2.24, 2.45) is 5.73 Å². The van der Waals surface area contributed by atoms with Crippen molar-refractivity contribution < 1.29 is 4.74 Å². The molecule has 0 spiro atoms. The van der Waals surface area contributed by atoms with Crippen molar-refractivity contribution in [3.63, 3.8) is 0 Å². The summed E-state index contributed by atoms with van der Waals surface area (Å²) in [5.41, 5.74) is 7.29. The maximum Gasteiger partial charge on any atom is 0.119 e. The van der Waals surface area contributed by atoms with E-state index in [1.54, 1.807) is 0 Å². The Balaban J connectivity index is 1.81. The highest BCUT2D eigenvalue weighted by molar-refractivity contribution is 5.27. The lowest BCUT2D eigenvalue weighted by molar-refractivity contribution is 0.210. The zero-order valence-electron chi connectivity index (χ0n) is 11.4. The highest BCUT2D eigenvalue weighted by Gasteiger charge is 2.16. The van der Waals surface area contributed by atoms with Crippen LogP contribution in [-0.4, -0.2) is 12.1 Å². The Kier molecular flexibility index (Phi) is 5.06. The summed E-state index contributed by atoms with van der Waals surface area (Å²) in [7, 11) is 0. The molecule has 1 aliphatic carbocycles. The Morgan fingerprint density at radius 3 is 2.50 bits per heavy atom. The van der Waals surface area contributed by atoms with Crippen LogP contribution in [0, 0.1) is 0 Å². The fraction of sp³-hybridized carbons (Fsp3) is 0.625. The van der Waals surface area contributed by atoms with Gasteiger partial charge in [0.2, 0.25) is 0 Å². The molecule has 0 bridgehead atoms. The van der Waals surface area contributed by atoms with Gasteiger partial charge in [0.1, 0.15) is 5.75 Å². The molecule has 1 fully saturated rings. The van der Waals surface area contributed by atoms with E-state index in [1.807, 2.05) is 0 Å². The normalized spacial score (nSPS) is 17.9. The Labute approximate surface area is 111 Å². The molecule has 1 saturated carbocycles. The lowest BCUT2D eigenvalue weighted by Gasteiger charge is -2.13. The molecule has 2 nitrogen and oxygen atoms in total. The summed E-state index contributed by atoms with van der Waals surface area (Å²) in [5, 5.41) is 0. The fourth-order valence-corrected chi connectivity index (χ4v) is 2.49. The Morgan fingerprint density at radius 1 is 1.22 bits per heavy atom. The number of hydrogen-bond acceptors (Lipinski definition) is 2. The van der Waals surface area contributed by atoms with Crippen LogP contribution in [0.1, 0.15) is 51.0 Å². The Morgan fingerprint density at radius 2 is 1.89 bits per heavy atom. The molecule has 1 aromatic carbocycles. The predicted octanol–water partition coefficient (Wildman–Crippen LogP) is 3.68. The molecular formula is C16H25NO. The van der Waals surface area contributed by atoms with Crippen LogP contribution in [0.3, 0.4) is 0 Å². The van der Waals surface area contributed by atoms with Gasteiger partial charge in [0, 0.05) is 6.04 Å². The molecule has 1 unspecified atom stereocenters. The number of aryl methyl sites for hydroxylation is 1. The largest absolute Gasteiger partial charge is 0.490 e. The predicted molar refractivity (Wildman–Crippen MR) is 75.9 cm³/mol. The average Bonchev–Trinajstić information content (AvgIpc) is 2.90. The van der Waals surface area contributed by atoms with Crippen molar-refractivity contribution in [3.8, 4) is 5.75 Å². The second-order valence-corrected chi connectivity index (χ2v) is 5.38. The first kappa shape index (κ1) is 13.4. The van der Waals surface area contributed by atoms with Gasteiger partial charge in [0.25, 0.3) is 0 Å². The maximum absolute atomic E-state index is 5.95. The first-order valence-corrected chi connectivity index (χ1v) is 7.29. The minimum absolute atomic E-state index is 0.333. The summed E-state index contributed by atoms with van der Waals surface area (Å²) in [4.78, 5) is 0. The average molecular weight is 247 g/mol. The lowest BCUT2D eigenvalue weighted by atomic mass is 10.0. The third-order valence-electron chi connectivity index (χ3n) is 3.86. The number of benzene rings is 1. The van der Waals surface area contributed by atoms with Gasteiger partial charge in [0.05, 0.1) is 6.10 Å². The topological polar surface area (TPSA) is 35.2 Å². The van der Waals surface area contributed by atoms with Crippen molar-refractivity contribution in [2.75, 3.05) is 0 Å². The second kappa shape index (κ2) is 6.79. The van der Waals surface area contributed by atoms with E-state index in [4.69, 9.17) is 10.5 Å². The van der Waals surface area contributed by atoms with Gasteiger partial charge in [-0.05, 0) is 62.6 Å². The van der Waals surface area contributed by atoms with Gasteiger partial charge >= 0.3 is 0 Å². The summed E-state index contributed by atoms with van der Waals surface area (Å²) < 4.78 is 5.95. The second-order valence-electron chi connectivity index (χ2n) is 5.38. The number of ether oxygens (including phenoxy) is 1. The van der Waals surface area contributed by atoms with Crippen molar-refractivity contribution in [3.05, 3.63) is 29.8 Å². The van der Waals surface area contributed by atoms with Gasteiger partial charge in [-0.15, -0.1) is 0 Å². The van der Waals surface area contributed by atoms with Gasteiger partial charge in [0.15, 0.2) is 0 Å². The molecule has 1 atom stereocenters. The van der Waals surface area contributed by atoms with Crippen molar-refractivity contribution in [1.29, 1.82) is 0 Å². The Bertz CT molecular complexity index is 341. The third kappa shape index (κ3) is 4.02. The molecule has 2 heteroatoms. The summed E-state index contributed by atoms with van der Waals surface area (Å²) in [5.74, 6) is 1.02. The van der Waals surface area contributed by atoms with Crippen LogP contribution in [0.4, 0.5) is 0 Å². The van der Waals surface area contributed by atoms with Crippen LogP contribution in [0.5, 0.6) is 5.75 Å². The van der Waals surface area contributed by atoms with Gasteiger partial charge in [-0.2, -0.15) is 0 Å². The van der Waals surface area contributed by atoms with E-state index in [2.05, 4.69) is 31.2 Å². The highest BCUT2D eigenvalue weighted by Crippen LogP contribution is 2.24. The quantitative estimate of drug-likeness (QED) is 0.832. The molecule has 0 aliphatic heterocycles. The van der Waals surface area contributed by atoms with Crippen molar-refractivity contribution >= 4 is 0 Å². The van der Waals surface area contributed by atoms with E-state index < -0.39 is 0 Å². The van der Waals surface area contributed by atoms with E-state index in [-0.39, 0.29) is 0 Å². The van der Waals surface area contributed by atoms with Crippen LogP contribution >= 0.6 is 0 Å². The van der Waals surface area contributed by atoms with Crippen molar-refractivity contribution in [2.45, 2.75) is 64.0 Å². The molecule has 1 aromatic rings. The first-order chi connectivity index (χ1) is 8.78. The zero-order valence-corrected chi connectivity index (χ0v) is 11.4. The van der Waals surface area contributed by atoms with E-state index in [0.717, 1.165) is 25.0 Å². The van der Waals surface area contributed by atoms with Gasteiger partial charge in [-0.25, -0.2) is 0 Å². The van der Waals surface area contributed by atoms with Gasteiger partial charge in [-0.3, -0.25) is 0 Å². The van der Waals surface area contributed by atoms with Crippen molar-refractivity contribution in [1.82, 2.24) is 0 Å². The van der Waals surface area contributed by atoms with Crippen LogP contribution in [-0.2, 0) is 6.42 Å². The van der Waals surface area contributed by atoms with Crippen LogP contribution in [0.25, 0.3) is 0 Å². The standard InChI is InChI=1S/C16H25NO/c1-2-14(17)10-7-13-8-11-16(12-9-13)18-15-5-3-4-6-15/h8-9,11-12,14-15H,2-7,10,17H2,1H3. The van der Waals surface area contributed by atoms with E-state index in [1.165, 1.54) is 31.2 Å². The molecule has 0 aromatic heterocycles. The molecule has 1 aliphatic rings. The minimum Gasteiger partial charge on any atom is -0.490 e. The van der Waals surface area contributed by atoms with E-state index >= 15 is 0 Å². The lowest BCUT2D eigenvalue weighted by Crippen LogP contribution is -2.19. The molecule has 18 heavy (non-hydrogen) atoms. The fourth-order valence-electron chi connectivity index (χ4n) is 2.49. The molecule has 0 heterocycles. The van der Waals surface area contributed by atoms with Crippen LogP contribution < -0.4 is 10.5 Å². The summed E-state index contributed by atoms with van der Waals surface area (Å²) in [6.45, 7) is 2.14. The SMILES string of the molecule is CCC(N)CCc1ccc(OC2CCCC2)cc1. The smallest absolute Gasteiger partial charge is 0.119 e. The highest BCUT2D eigenvalue weighted by atomic mass is 16.5. The minimum atomic E-state index is 0.333. The monoisotopic (exact) mass is 247 g/mol. The maximum atomic E-state index is 5.95. The summed E-state index contributed by atoms with van der Waals surface area (Å²) in [6, 6.07) is 8.88. The molecule has 100 valence electrons. The van der Waals surface area contributed by atoms with E-state index in [0.29, 0.717) is 12.1 Å². The summed E-state index contributed by atoms with van der Waals surface area (Å²) >= 11 is 0. The molecule has 0 radical (unpaired) electrons. The summed E-state index contributed by atoms with van der Waals surface area (Å²) in [6.07, 6.45) is 8.71. The first-order valence-electron chi connectivity index (χ1n) is 7.29. The number of rotatable bonds is 6. The molecule has 0 saturated heterocycles. The molecule has 2 rings (SSSR count). The number of hydrogen-bond donors (Lipinski definition) is 1. The number of nitrogens with two attached hydrogens (primary N) is 1. The van der Waals surface area contributed by atoms with Gasteiger partial charge in [-0.1, -0.05) is 19.1 Å². The van der Waals surface area contributed by atoms with Gasteiger partial charge < -0.3 is 10.5 Å².